The Morgan fingerprint density at radius 1 is 1.21 bits per heavy atom. The minimum absolute atomic E-state index is 0. The van der Waals surface area contributed by atoms with E-state index >= 15 is 0 Å². The molecule has 0 saturated carbocycles. The zero-order valence-electron chi connectivity index (χ0n) is 8.12. The van der Waals surface area contributed by atoms with Crippen LogP contribution in [0.3, 0.4) is 0 Å². The van der Waals surface area contributed by atoms with Gasteiger partial charge in [0.15, 0.2) is 0 Å². The van der Waals surface area contributed by atoms with E-state index in [9.17, 15) is 0 Å². The van der Waals surface area contributed by atoms with Crippen molar-refractivity contribution >= 4 is 16.3 Å². The molecule has 0 saturated heterocycles. The van der Waals surface area contributed by atoms with Crippen molar-refractivity contribution in [1.29, 1.82) is 0 Å². The van der Waals surface area contributed by atoms with Crippen molar-refractivity contribution in [2.45, 2.75) is 6.92 Å². The van der Waals surface area contributed by atoms with E-state index in [1.165, 1.54) is 16.3 Å². The van der Waals surface area contributed by atoms with Gasteiger partial charge in [-0.3, -0.25) is 0 Å². The quantitative estimate of drug-likeness (QED) is 0.640. The van der Waals surface area contributed by atoms with Crippen LogP contribution in [0.25, 0.3) is 16.3 Å². The summed E-state index contributed by atoms with van der Waals surface area (Å²) in [5.41, 5.74) is 2.31. The van der Waals surface area contributed by atoms with Gasteiger partial charge in [0.2, 0.25) is 0 Å². The summed E-state index contributed by atoms with van der Waals surface area (Å²) in [6.07, 6.45) is 0. The Bertz CT molecular complexity index is 457. The zero-order valence-corrected chi connectivity index (χ0v) is 9.52. The van der Waals surface area contributed by atoms with Crippen LogP contribution in [-0.4, -0.2) is 0 Å². The second-order valence-corrected chi connectivity index (χ2v) is 3.27. The summed E-state index contributed by atoms with van der Waals surface area (Å²) in [5.74, 6) is 0. The van der Waals surface area contributed by atoms with Gasteiger partial charge in [0.1, 0.15) is 0 Å². The van der Waals surface area contributed by atoms with Crippen molar-refractivity contribution in [2.75, 3.05) is 0 Å². The Kier molecular flexibility index (Phi) is 3.57. The molecule has 1 radical (unpaired) electrons. The third kappa shape index (κ3) is 2.09. The average Bonchev–Trinajstić information content (AvgIpc) is 2.17. The van der Waals surface area contributed by atoms with Crippen LogP contribution in [0.5, 0.6) is 0 Å². The van der Waals surface area contributed by atoms with Gasteiger partial charge in [-0.1, -0.05) is 24.3 Å². The van der Waals surface area contributed by atoms with Crippen LogP contribution in [0.4, 0.5) is 0 Å². The molecule has 0 N–H and O–H groups in total. The molecule has 0 aliphatic heterocycles. The van der Waals surface area contributed by atoms with Gasteiger partial charge in [0.05, 0.1) is 0 Å². The van der Waals surface area contributed by atoms with Crippen LogP contribution in [0.1, 0.15) is 12.5 Å². The summed E-state index contributed by atoms with van der Waals surface area (Å²) in [5, 5.41) is 2.48. The fourth-order valence-electron chi connectivity index (χ4n) is 1.39. The first-order valence-electron chi connectivity index (χ1n) is 4.33. The molecule has 0 fully saturated rings. The second kappa shape index (κ2) is 4.50. The number of hydrogen-bond donors (Lipinski definition) is 0. The molecule has 0 aliphatic rings. The molecule has 0 bridgehead atoms. The van der Waals surface area contributed by atoms with E-state index in [2.05, 4.69) is 36.9 Å². The molecule has 0 nitrogen and oxygen atoms in total. The van der Waals surface area contributed by atoms with Crippen molar-refractivity contribution in [3.8, 4) is 0 Å². The van der Waals surface area contributed by atoms with Crippen LogP contribution < -0.4 is 0 Å². The summed E-state index contributed by atoms with van der Waals surface area (Å²) in [6.45, 7) is 5.95. The van der Waals surface area contributed by atoms with Gasteiger partial charge >= 0.3 is 0 Å². The molecule has 2 aromatic carbocycles. The molecule has 0 aromatic heterocycles. The van der Waals surface area contributed by atoms with Crippen molar-refractivity contribution in [1.82, 2.24) is 0 Å². The molecule has 69 valence electrons. The number of hydrogen-bond acceptors (Lipinski definition) is 0. The molecule has 0 amide bonds. The number of rotatable bonds is 1. The Balaban J connectivity index is 0.000000980. The van der Waals surface area contributed by atoms with E-state index in [0.29, 0.717) is 0 Å². The van der Waals surface area contributed by atoms with Gasteiger partial charge < -0.3 is 0 Å². The first kappa shape index (κ1) is 11.1. The first-order chi connectivity index (χ1) is 6.27. The second-order valence-electron chi connectivity index (χ2n) is 3.27. The molecule has 2 aromatic rings. The van der Waals surface area contributed by atoms with Gasteiger partial charge in [-0.15, -0.1) is 16.8 Å². The number of allylic oxidation sites excluding steroid dienone is 1. The standard InChI is InChI=1S/C13H11.V/c1-10(2)12-8-7-11-5-3-4-6-13(11)9-12;/h4-9H,1H2,2H3;/q-1;. The van der Waals surface area contributed by atoms with Crippen molar-refractivity contribution in [3.63, 3.8) is 0 Å². The molecular weight excluding hydrogens is 207 g/mol. The van der Waals surface area contributed by atoms with Gasteiger partial charge in [-0.2, -0.15) is 24.3 Å². The summed E-state index contributed by atoms with van der Waals surface area (Å²) >= 11 is 0. The van der Waals surface area contributed by atoms with Crippen LogP contribution >= 0.6 is 0 Å². The maximum absolute atomic E-state index is 3.92. The molecule has 0 unspecified atom stereocenters. The topological polar surface area (TPSA) is 0 Å². The predicted octanol–water partition coefficient (Wildman–Crippen LogP) is 3.67. The van der Waals surface area contributed by atoms with E-state index in [0.717, 1.165) is 5.57 Å². The third-order valence-electron chi connectivity index (χ3n) is 2.18. The molecule has 14 heavy (non-hydrogen) atoms. The van der Waals surface area contributed by atoms with E-state index in [-0.39, 0.29) is 18.6 Å². The summed E-state index contributed by atoms with van der Waals surface area (Å²) in [6, 6.07) is 15.4. The zero-order chi connectivity index (χ0) is 9.26. The molecule has 0 aliphatic carbocycles. The van der Waals surface area contributed by atoms with E-state index < -0.39 is 0 Å². The van der Waals surface area contributed by atoms with E-state index in [1.54, 1.807) is 0 Å². The van der Waals surface area contributed by atoms with Gasteiger partial charge in [-0.25, -0.2) is 0 Å². The fourth-order valence-corrected chi connectivity index (χ4v) is 1.39. The van der Waals surface area contributed by atoms with Crippen LogP contribution in [0.2, 0.25) is 0 Å². The van der Waals surface area contributed by atoms with Crippen LogP contribution in [0.15, 0.2) is 43.0 Å². The minimum Gasteiger partial charge on any atom is -0.183 e. The number of fused-ring (bicyclic) bond motifs is 1. The van der Waals surface area contributed by atoms with Crippen molar-refractivity contribution in [2.24, 2.45) is 0 Å². The monoisotopic (exact) mass is 218 g/mol. The number of benzene rings is 2. The van der Waals surface area contributed by atoms with Crippen molar-refractivity contribution in [3.05, 3.63) is 54.6 Å². The smallest absolute Gasteiger partial charge is 0 e. The maximum Gasteiger partial charge on any atom is 0 e. The largest absolute Gasteiger partial charge is 0.183 e. The Morgan fingerprint density at radius 3 is 2.71 bits per heavy atom. The first-order valence-corrected chi connectivity index (χ1v) is 4.33. The van der Waals surface area contributed by atoms with Gasteiger partial charge in [0.25, 0.3) is 0 Å². The molecule has 0 atom stereocenters. The molecule has 2 rings (SSSR count). The summed E-state index contributed by atoms with van der Waals surface area (Å²) in [7, 11) is 0. The summed E-state index contributed by atoms with van der Waals surface area (Å²) in [4.78, 5) is 0. The fraction of sp³-hybridized carbons (Fsp3) is 0.0769. The van der Waals surface area contributed by atoms with Crippen LogP contribution in [-0.2, 0) is 18.6 Å². The maximum atomic E-state index is 3.92. The third-order valence-corrected chi connectivity index (χ3v) is 2.18. The Morgan fingerprint density at radius 2 is 2.00 bits per heavy atom. The van der Waals surface area contributed by atoms with Crippen LogP contribution in [0, 0.1) is 6.07 Å². The van der Waals surface area contributed by atoms with Gasteiger partial charge in [-0.05, 0) is 12.5 Å². The SMILES string of the molecule is C=C(C)c1ccc2c[c-]ccc2c1.[V]. The molecular formula is C13H11V-. The Labute approximate surface area is 96.5 Å². The summed E-state index contributed by atoms with van der Waals surface area (Å²) < 4.78 is 0. The minimum atomic E-state index is 0. The average molecular weight is 218 g/mol. The Hall–Kier alpha value is -0.976. The van der Waals surface area contributed by atoms with Crippen molar-refractivity contribution < 1.29 is 18.6 Å². The molecule has 0 spiro atoms. The normalized spacial score (nSPS) is 9.50. The molecule has 1 heteroatoms. The molecule has 0 heterocycles. The van der Waals surface area contributed by atoms with Gasteiger partial charge in [0, 0.05) is 18.6 Å². The predicted molar refractivity (Wildman–Crippen MR) is 57.5 cm³/mol. The van der Waals surface area contributed by atoms with E-state index in [1.807, 2.05) is 19.1 Å². The van der Waals surface area contributed by atoms with E-state index in [4.69, 9.17) is 0 Å².